The molecule has 5 heteroatoms. The second-order valence-electron chi connectivity index (χ2n) is 3.62. The Morgan fingerprint density at radius 2 is 1.83 bits per heavy atom. The fourth-order valence-electron chi connectivity index (χ4n) is 1.46. The Bertz CT molecular complexity index is 575. The van der Waals surface area contributed by atoms with Crippen LogP contribution in [0.25, 0.3) is 0 Å². The van der Waals surface area contributed by atoms with Gasteiger partial charge in [0.05, 0.1) is 7.11 Å². The van der Waals surface area contributed by atoms with Gasteiger partial charge in [0.15, 0.2) is 11.6 Å². The van der Waals surface area contributed by atoms with Crippen molar-refractivity contribution in [1.29, 1.82) is 0 Å². The molecule has 2 N–H and O–H groups in total. The average molecular weight is 312 g/mol. The quantitative estimate of drug-likeness (QED) is 0.872. The Morgan fingerprint density at radius 3 is 2.50 bits per heavy atom. The van der Waals surface area contributed by atoms with Gasteiger partial charge in [-0.15, -0.1) is 0 Å². The molecule has 0 aromatic heterocycles. The Labute approximate surface area is 112 Å². The van der Waals surface area contributed by atoms with Crippen LogP contribution < -0.4 is 15.2 Å². The van der Waals surface area contributed by atoms with Crippen molar-refractivity contribution >= 4 is 21.6 Å². The topological polar surface area (TPSA) is 44.5 Å². The monoisotopic (exact) mass is 311 g/mol. The molecule has 0 aliphatic heterocycles. The minimum Gasteiger partial charge on any atom is -0.497 e. The van der Waals surface area contributed by atoms with Gasteiger partial charge in [-0.1, -0.05) is 15.9 Å². The largest absolute Gasteiger partial charge is 0.497 e. The Morgan fingerprint density at radius 1 is 1.11 bits per heavy atom. The first kappa shape index (κ1) is 12.7. The molecule has 0 unspecified atom stereocenters. The molecule has 0 aliphatic rings. The van der Waals surface area contributed by atoms with Crippen LogP contribution in [0.1, 0.15) is 0 Å². The van der Waals surface area contributed by atoms with Crippen molar-refractivity contribution in [2.75, 3.05) is 12.8 Å². The highest BCUT2D eigenvalue weighted by atomic mass is 79.9. The highest BCUT2D eigenvalue weighted by Gasteiger charge is 2.07. The maximum absolute atomic E-state index is 13.6. The van der Waals surface area contributed by atoms with E-state index >= 15 is 0 Å². The van der Waals surface area contributed by atoms with E-state index in [1.165, 1.54) is 19.2 Å². The summed E-state index contributed by atoms with van der Waals surface area (Å²) in [7, 11) is 1.53. The van der Waals surface area contributed by atoms with Crippen molar-refractivity contribution in [3.05, 3.63) is 46.7 Å². The number of halogens is 2. The van der Waals surface area contributed by atoms with Crippen LogP contribution in [-0.4, -0.2) is 7.11 Å². The van der Waals surface area contributed by atoms with Crippen LogP contribution in [0.15, 0.2) is 40.9 Å². The maximum atomic E-state index is 13.6. The summed E-state index contributed by atoms with van der Waals surface area (Å²) in [6.07, 6.45) is 0. The summed E-state index contributed by atoms with van der Waals surface area (Å²) < 4.78 is 24.7. The second-order valence-corrected chi connectivity index (χ2v) is 4.53. The van der Waals surface area contributed by atoms with Crippen LogP contribution >= 0.6 is 15.9 Å². The number of hydrogen-bond donors (Lipinski definition) is 1. The average Bonchev–Trinajstić information content (AvgIpc) is 2.32. The van der Waals surface area contributed by atoms with E-state index in [1.54, 1.807) is 24.3 Å². The first-order chi connectivity index (χ1) is 8.58. The van der Waals surface area contributed by atoms with Crippen LogP contribution in [0, 0.1) is 5.82 Å². The molecule has 3 nitrogen and oxygen atoms in total. The van der Waals surface area contributed by atoms with Gasteiger partial charge in [-0.2, -0.15) is 0 Å². The molecule has 0 saturated carbocycles. The summed E-state index contributed by atoms with van der Waals surface area (Å²) >= 11 is 3.18. The summed E-state index contributed by atoms with van der Waals surface area (Å²) in [4.78, 5) is 0. The predicted octanol–water partition coefficient (Wildman–Crippen LogP) is 3.97. The van der Waals surface area contributed by atoms with Crippen molar-refractivity contribution in [3.63, 3.8) is 0 Å². The fourth-order valence-corrected chi connectivity index (χ4v) is 1.79. The Balaban J connectivity index is 2.30. The normalized spacial score (nSPS) is 10.2. The standard InChI is InChI=1S/C13H11BrFNO2/c1-17-10-5-9(16)6-11(7-10)18-13-3-2-8(14)4-12(13)15/h2-7H,16H2,1H3. The summed E-state index contributed by atoms with van der Waals surface area (Å²) in [5, 5.41) is 0. The van der Waals surface area contributed by atoms with E-state index in [-0.39, 0.29) is 5.75 Å². The van der Waals surface area contributed by atoms with Crippen LogP contribution in [0.2, 0.25) is 0 Å². The molecule has 0 atom stereocenters. The molecular weight excluding hydrogens is 301 g/mol. The molecule has 0 aliphatic carbocycles. The number of benzene rings is 2. The van der Waals surface area contributed by atoms with E-state index in [0.717, 1.165) is 0 Å². The number of anilines is 1. The van der Waals surface area contributed by atoms with Crippen molar-refractivity contribution in [1.82, 2.24) is 0 Å². The lowest BCUT2D eigenvalue weighted by atomic mass is 10.3. The molecule has 0 radical (unpaired) electrons. The van der Waals surface area contributed by atoms with Crippen molar-refractivity contribution in [3.8, 4) is 17.2 Å². The zero-order valence-corrected chi connectivity index (χ0v) is 11.2. The number of hydrogen-bond acceptors (Lipinski definition) is 3. The smallest absolute Gasteiger partial charge is 0.166 e. The molecule has 0 amide bonds. The van der Waals surface area contributed by atoms with E-state index in [4.69, 9.17) is 15.2 Å². The Hall–Kier alpha value is -1.75. The number of nitrogens with two attached hydrogens (primary N) is 1. The third kappa shape index (κ3) is 2.92. The summed E-state index contributed by atoms with van der Waals surface area (Å²) in [5.41, 5.74) is 6.18. The lowest BCUT2D eigenvalue weighted by Crippen LogP contribution is -1.92. The van der Waals surface area contributed by atoms with Gasteiger partial charge in [0.25, 0.3) is 0 Å². The van der Waals surface area contributed by atoms with Crippen LogP contribution in [0.3, 0.4) is 0 Å². The predicted molar refractivity (Wildman–Crippen MR) is 71.6 cm³/mol. The van der Waals surface area contributed by atoms with E-state index in [1.807, 2.05) is 0 Å². The number of nitrogen functional groups attached to an aromatic ring is 1. The molecule has 0 bridgehead atoms. The minimum atomic E-state index is -0.453. The molecule has 0 heterocycles. The van der Waals surface area contributed by atoms with E-state index in [9.17, 15) is 4.39 Å². The van der Waals surface area contributed by atoms with Gasteiger partial charge in [-0.25, -0.2) is 4.39 Å². The van der Waals surface area contributed by atoms with Gasteiger partial charge in [-0.05, 0) is 18.2 Å². The van der Waals surface area contributed by atoms with E-state index in [2.05, 4.69) is 15.9 Å². The summed E-state index contributed by atoms with van der Waals surface area (Å²) in [6, 6.07) is 9.46. The first-order valence-electron chi connectivity index (χ1n) is 5.16. The second kappa shape index (κ2) is 5.27. The summed E-state index contributed by atoms with van der Waals surface area (Å²) in [6.45, 7) is 0. The van der Waals surface area contributed by atoms with Crippen molar-refractivity contribution in [2.24, 2.45) is 0 Å². The molecule has 2 aromatic carbocycles. The Kier molecular flexibility index (Phi) is 3.72. The van der Waals surface area contributed by atoms with Gasteiger partial charge in [0, 0.05) is 28.4 Å². The van der Waals surface area contributed by atoms with Crippen LogP contribution in [0.4, 0.5) is 10.1 Å². The van der Waals surface area contributed by atoms with Gasteiger partial charge in [0.2, 0.25) is 0 Å². The van der Waals surface area contributed by atoms with Gasteiger partial charge < -0.3 is 15.2 Å². The lowest BCUT2D eigenvalue weighted by Gasteiger charge is -2.09. The highest BCUT2D eigenvalue weighted by molar-refractivity contribution is 9.10. The lowest BCUT2D eigenvalue weighted by molar-refractivity contribution is 0.405. The van der Waals surface area contributed by atoms with E-state index < -0.39 is 5.82 Å². The molecule has 0 spiro atoms. The zero-order valence-electron chi connectivity index (χ0n) is 9.61. The van der Waals surface area contributed by atoms with Crippen LogP contribution in [0.5, 0.6) is 17.2 Å². The van der Waals surface area contributed by atoms with Crippen LogP contribution in [-0.2, 0) is 0 Å². The molecule has 0 saturated heterocycles. The minimum absolute atomic E-state index is 0.130. The van der Waals surface area contributed by atoms with Gasteiger partial charge in [-0.3, -0.25) is 0 Å². The molecule has 2 aromatic rings. The van der Waals surface area contributed by atoms with Gasteiger partial charge in [0.1, 0.15) is 11.5 Å². The maximum Gasteiger partial charge on any atom is 0.166 e. The molecular formula is C13H11BrFNO2. The van der Waals surface area contributed by atoms with E-state index in [0.29, 0.717) is 21.7 Å². The SMILES string of the molecule is COc1cc(N)cc(Oc2ccc(Br)cc2F)c1. The number of ether oxygens (including phenoxy) is 2. The molecule has 94 valence electrons. The van der Waals surface area contributed by atoms with Crippen molar-refractivity contribution in [2.45, 2.75) is 0 Å². The highest BCUT2D eigenvalue weighted by Crippen LogP contribution is 2.30. The number of rotatable bonds is 3. The molecule has 0 fully saturated rings. The third-order valence-corrected chi connectivity index (χ3v) is 2.75. The number of methoxy groups -OCH3 is 1. The summed E-state index contributed by atoms with van der Waals surface area (Å²) in [5.74, 6) is 0.659. The third-order valence-electron chi connectivity index (χ3n) is 2.26. The fraction of sp³-hybridized carbons (Fsp3) is 0.0769. The van der Waals surface area contributed by atoms with Crippen molar-refractivity contribution < 1.29 is 13.9 Å². The zero-order chi connectivity index (χ0) is 13.1. The first-order valence-corrected chi connectivity index (χ1v) is 5.95. The molecule has 2 rings (SSSR count). The van der Waals surface area contributed by atoms with Gasteiger partial charge >= 0.3 is 0 Å². The molecule has 18 heavy (non-hydrogen) atoms.